The Morgan fingerprint density at radius 2 is 1.95 bits per heavy atom. The Labute approximate surface area is 113 Å². The Balaban J connectivity index is 2.92. The Morgan fingerprint density at radius 1 is 1.35 bits per heavy atom. The third kappa shape index (κ3) is 4.48. The summed E-state index contributed by atoms with van der Waals surface area (Å²) in [6.45, 7) is 3.07. The molecule has 0 saturated carbocycles. The maximum absolute atomic E-state index is 13.4. The standard InChI is InChI=1S/C13H15F4NO2/c1-7(5-8(2)19)18-12(20)10-6-9(13(15,16)17)3-4-11(10)14/h3-4,6-8,19H,5H2,1-2H3,(H,18,20). The van der Waals surface area contributed by atoms with Crippen molar-refractivity contribution >= 4 is 5.91 Å². The number of hydrogen-bond donors (Lipinski definition) is 2. The largest absolute Gasteiger partial charge is 0.416 e. The Morgan fingerprint density at radius 3 is 2.45 bits per heavy atom. The van der Waals surface area contributed by atoms with Gasteiger partial charge in [0.2, 0.25) is 0 Å². The predicted octanol–water partition coefficient (Wildman–Crippen LogP) is 2.73. The van der Waals surface area contributed by atoms with E-state index in [1.807, 2.05) is 0 Å². The van der Waals surface area contributed by atoms with E-state index in [0.717, 1.165) is 0 Å². The van der Waals surface area contributed by atoms with E-state index in [0.29, 0.717) is 18.2 Å². The molecule has 1 amide bonds. The first kappa shape index (κ1) is 16.4. The third-order valence-corrected chi connectivity index (χ3v) is 2.61. The topological polar surface area (TPSA) is 49.3 Å². The molecule has 2 N–H and O–H groups in total. The van der Waals surface area contributed by atoms with Gasteiger partial charge in [0.05, 0.1) is 17.2 Å². The molecule has 0 fully saturated rings. The van der Waals surface area contributed by atoms with Crippen molar-refractivity contribution in [2.45, 2.75) is 38.6 Å². The van der Waals surface area contributed by atoms with Crippen LogP contribution in [0.5, 0.6) is 0 Å². The summed E-state index contributed by atoms with van der Waals surface area (Å²) in [5.74, 6) is -1.97. The molecule has 112 valence electrons. The highest BCUT2D eigenvalue weighted by molar-refractivity contribution is 5.94. The monoisotopic (exact) mass is 293 g/mol. The van der Waals surface area contributed by atoms with Gasteiger partial charge in [-0.15, -0.1) is 0 Å². The lowest BCUT2D eigenvalue weighted by Gasteiger charge is -2.16. The lowest BCUT2D eigenvalue weighted by Crippen LogP contribution is -2.35. The molecule has 0 bridgehead atoms. The molecular formula is C13H15F4NO2. The van der Waals surface area contributed by atoms with Crippen LogP contribution in [0.25, 0.3) is 0 Å². The molecule has 0 aromatic heterocycles. The maximum atomic E-state index is 13.4. The van der Waals surface area contributed by atoms with Crippen molar-refractivity contribution in [2.75, 3.05) is 0 Å². The number of benzene rings is 1. The summed E-state index contributed by atoms with van der Waals surface area (Å²) in [6.07, 6.45) is -5.11. The van der Waals surface area contributed by atoms with Crippen LogP contribution in [-0.2, 0) is 6.18 Å². The molecule has 2 unspecified atom stereocenters. The number of aliphatic hydroxyl groups excluding tert-OH is 1. The zero-order valence-electron chi connectivity index (χ0n) is 11.0. The first-order chi connectivity index (χ1) is 9.11. The summed E-state index contributed by atoms with van der Waals surface area (Å²) < 4.78 is 51.0. The predicted molar refractivity (Wildman–Crippen MR) is 64.6 cm³/mol. The SMILES string of the molecule is CC(O)CC(C)NC(=O)c1cc(C(F)(F)F)ccc1F. The number of amides is 1. The van der Waals surface area contributed by atoms with Gasteiger partial charge in [0, 0.05) is 6.04 Å². The lowest BCUT2D eigenvalue weighted by molar-refractivity contribution is -0.137. The third-order valence-electron chi connectivity index (χ3n) is 2.61. The second-order valence-electron chi connectivity index (χ2n) is 4.65. The molecule has 0 aliphatic rings. The van der Waals surface area contributed by atoms with Crippen LogP contribution in [0.15, 0.2) is 18.2 Å². The molecule has 1 rings (SSSR count). The molecule has 0 heterocycles. The number of nitrogens with one attached hydrogen (secondary N) is 1. The van der Waals surface area contributed by atoms with E-state index in [4.69, 9.17) is 5.11 Å². The molecule has 0 radical (unpaired) electrons. The van der Waals surface area contributed by atoms with E-state index in [9.17, 15) is 22.4 Å². The van der Waals surface area contributed by atoms with Crippen molar-refractivity contribution in [3.05, 3.63) is 35.1 Å². The van der Waals surface area contributed by atoms with Crippen molar-refractivity contribution in [1.82, 2.24) is 5.32 Å². The van der Waals surface area contributed by atoms with Gasteiger partial charge in [-0.25, -0.2) is 4.39 Å². The van der Waals surface area contributed by atoms with Crippen molar-refractivity contribution in [3.63, 3.8) is 0 Å². The number of halogens is 4. The summed E-state index contributed by atoms with van der Waals surface area (Å²) in [4.78, 5) is 11.7. The zero-order valence-corrected chi connectivity index (χ0v) is 11.0. The van der Waals surface area contributed by atoms with E-state index in [2.05, 4.69) is 5.32 Å². The van der Waals surface area contributed by atoms with Crippen LogP contribution < -0.4 is 5.32 Å². The van der Waals surface area contributed by atoms with Crippen molar-refractivity contribution < 1.29 is 27.5 Å². The Kier molecular flexibility index (Phi) is 5.10. The number of rotatable bonds is 4. The number of carbonyl (C=O) groups is 1. The van der Waals surface area contributed by atoms with E-state index >= 15 is 0 Å². The molecule has 3 nitrogen and oxygen atoms in total. The normalized spacial score (nSPS) is 14.8. The smallest absolute Gasteiger partial charge is 0.393 e. The molecule has 20 heavy (non-hydrogen) atoms. The average molecular weight is 293 g/mol. The molecule has 2 atom stereocenters. The first-order valence-corrected chi connectivity index (χ1v) is 5.97. The summed E-state index contributed by atoms with van der Waals surface area (Å²) in [5.41, 5.74) is -1.76. The van der Waals surface area contributed by atoms with Crippen LogP contribution in [0.2, 0.25) is 0 Å². The summed E-state index contributed by atoms with van der Waals surface area (Å²) in [5, 5.41) is 11.5. The highest BCUT2D eigenvalue weighted by Crippen LogP contribution is 2.30. The fraction of sp³-hybridized carbons (Fsp3) is 0.462. The molecule has 1 aromatic rings. The minimum Gasteiger partial charge on any atom is -0.393 e. The molecule has 0 aliphatic heterocycles. The minimum atomic E-state index is -4.64. The summed E-state index contributed by atoms with van der Waals surface area (Å²) in [6, 6.07) is 1.17. The van der Waals surface area contributed by atoms with Gasteiger partial charge in [0.15, 0.2) is 0 Å². The van der Waals surface area contributed by atoms with Gasteiger partial charge < -0.3 is 10.4 Å². The summed E-state index contributed by atoms with van der Waals surface area (Å²) in [7, 11) is 0. The fourth-order valence-corrected chi connectivity index (χ4v) is 1.75. The van der Waals surface area contributed by atoms with E-state index in [1.165, 1.54) is 6.92 Å². The van der Waals surface area contributed by atoms with E-state index in [-0.39, 0.29) is 6.42 Å². The second-order valence-corrected chi connectivity index (χ2v) is 4.65. The van der Waals surface area contributed by atoms with Gasteiger partial charge in [-0.1, -0.05) is 0 Å². The minimum absolute atomic E-state index is 0.215. The van der Waals surface area contributed by atoms with Crippen LogP contribution in [0, 0.1) is 5.82 Å². The molecule has 0 saturated heterocycles. The van der Waals surface area contributed by atoms with Crippen LogP contribution in [0.4, 0.5) is 17.6 Å². The Bertz CT molecular complexity index is 486. The molecule has 7 heteroatoms. The molecule has 0 spiro atoms. The fourth-order valence-electron chi connectivity index (χ4n) is 1.75. The maximum Gasteiger partial charge on any atom is 0.416 e. The highest BCUT2D eigenvalue weighted by atomic mass is 19.4. The first-order valence-electron chi connectivity index (χ1n) is 5.97. The van der Waals surface area contributed by atoms with Gasteiger partial charge in [-0.05, 0) is 38.5 Å². The second kappa shape index (κ2) is 6.21. The average Bonchev–Trinajstić information content (AvgIpc) is 2.26. The van der Waals surface area contributed by atoms with E-state index < -0.39 is 41.2 Å². The quantitative estimate of drug-likeness (QED) is 0.839. The number of hydrogen-bond acceptors (Lipinski definition) is 2. The lowest BCUT2D eigenvalue weighted by atomic mass is 10.1. The van der Waals surface area contributed by atoms with Gasteiger partial charge in [0.25, 0.3) is 5.91 Å². The summed E-state index contributed by atoms with van der Waals surface area (Å²) >= 11 is 0. The van der Waals surface area contributed by atoms with Crippen molar-refractivity contribution in [1.29, 1.82) is 0 Å². The van der Waals surface area contributed by atoms with Crippen LogP contribution in [0.3, 0.4) is 0 Å². The van der Waals surface area contributed by atoms with Gasteiger partial charge >= 0.3 is 6.18 Å². The number of aliphatic hydroxyl groups is 1. The van der Waals surface area contributed by atoms with Crippen molar-refractivity contribution in [3.8, 4) is 0 Å². The van der Waals surface area contributed by atoms with Crippen LogP contribution >= 0.6 is 0 Å². The van der Waals surface area contributed by atoms with Crippen LogP contribution in [0.1, 0.15) is 36.2 Å². The van der Waals surface area contributed by atoms with Gasteiger partial charge in [0.1, 0.15) is 5.82 Å². The van der Waals surface area contributed by atoms with E-state index in [1.54, 1.807) is 6.92 Å². The highest BCUT2D eigenvalue weighted by Gasteiger charge is 2.32. The van der Waals surface area contributed by atoms with Crippen molar-refractivity contribution in [2.24, 2.45) is 0 Å². The number of carbonyl (C=O) groups excluding carboxylic acids is 1. The zero-order chi connectivity index (χ0) is 15.5. The molecular weight excluding hydrogens is 278 g/mol. The number of alkyl halides is 3. The Hall–Kier alpha value is -1.63. The molecule has 1 aromatic carbocycles. The van der Waals surface area contributed by atoms with Gasteiger partial charge in [-0.2, -0.15) is 13.2 Å². The molecule has 0 aliphatic carbocycles. The van der Waals surface area contributed by atoms with Crippen LogP contribution in [-0.4, -0.2) is 23.2 Å². The van der Waals surface area contributed by atoms with Gasteiger partial charge in [-0.3, -0.25) is 4.79 Å².